The summed E-state index contributed by atoms with van der Waals surface area (Å²) < 4.78 is 0. The summed E-state index contributed by atoms with van der Waals surface area (Å²) in [4.78, 5) is 24.1. The second-order valence-electron chi connectivity index (χ2n) is 6.80. The number of carbonyl (C=O) groups excluding carboxylic acids is 2. The maximum atomic E-state index is 12.5. The molecule has 0 aromatic heterocycles. The highest BCUT2D eigenvalue weighted by Gasteiger charge is 2.38. The third kappa shape index (κ3) is 5.22. The summed E-state index contributed by atoms with van der Waals surface area (Å²) in [6, 6.07) is 7.25. The Bertz CT molecular complexity index is 621. The molecular formula is C19H27ClN4O2. The van der Waals surface area contributed by atoms with Crippen LogP contribution in [0.2, 0.25) is 0 Å². The van der Waals surface area contributed by atoms with Crippen molar-refractivity contribution in [1.29, 1.82) is 0 Å². The molecule has 3 atom stereocenters. The second-order valence-corrected chi connectivity index (χ2v) is 6.80. The Labute approximate surface area is 160 Å². The first kappa shape index (κ1) is 20.3. The molecule has 6 nitrogen and oxygen atoms in total. The topological polar surface area (TPSA) is 82.3 Å². The molecule has 1 aromatic carbocycles. The molecule has 1 aromatic rings. The van der Waals surface area contributed by atoms with Gasteiger partial charge in [0.05, 0.1) is 6.04 Å². The zero-order chi connectivity index (χ0) is 17.6. The van der Waals surface area contributed by atoms with Crippen molar-refractivity contribution in [1.82, 2.24) is 10.6 Å². The number of hydrogen-bond donors (Lipinski definition) is 4. The highest BCUT2D eigenvalue weighted by atomic mass is 35.5. The van der Waals surface area contributed by atoms with Crippen molar-refractivity contribution in [2.45, 2.75) is 44.2 Å². The molecule has 1 heterocycles. The summed E-state index contributed by atoms with van der Waals surface area (Å²) in [7, 11) is 0. The largest absolute Gasteiger partial charge is 0.334 e. The first-order valence-corrected chi connectivity index (χ1v) is 8.98. The molecule has 1 aliphatic carbocycles. The lowest BCUT2D eigenvalue weighted by molar-refractivity contribution is -0.117. The second kappa shape index (κ2) is 9.59. The number of anilines is 2. The minimum atomic E-state index is -0.283. The highest BCUT2D eigenvalue weighted by molar-refractivity contribution is 5.95. The first-order valence-electron chi connectivity index (χ1n) is 8.98. The van der Waals surface area contributed by atoms with Crippen molar-refractivity contribution in [3.05, 3.63) is 36.9 Å². The van der Waals surface area contributed by atoms with E-state index in [9.17, 15) is 9.59 Å². The molecule has 1 aliphatic heterocycles. The van der Waals surface area contributed by atoms with Gasteiger partial charge in [0.2, 0.25) is 5.91 Å². The minimum absolute atomic E-state index is 0. The first-order chi connectivity index (χ1) is 12.2. The Morgan fingerprint density at radius 1 is 1.12 bits per heavy atom. The number of urea groups is 1. The maximum absolute atomic E-state index is 12.5. The number of benzene rings is 1. The summed E-state index contributed by atoms with van der Waals surface area (Å²) in [6.07, 6.45) is 7.51. The normalized spacial score (nSPS) is 23.9. The lowest BCUT2D eigenvalue weighted by atomic mass is 9.85. The number of nitrogens with one attached hydrogen (secondary N) is 4. The molecular weight excluding hydrogens is 352 g/mol. The zero-order valence-corrected chi connectivity index (χ0v) is 15.6. The monoisotopic (exact) mass is 378 g/mol. The summed E-state index contributed by atoms with van der Waals surface area (Å²) in [5, 5.41) is 11.8. The quantitative estimate of drug-likeness (QED) is 0.593. The van der Waals surface area contributed by atoms with Crippen LogP contribution in [0.5, 0.6) is 0 Å². The van der Waals surface area contributed by atoms with E-state index in [4.69, 9.17) is 0 Å². The average molecular weight is 379 g/mol. The van der Waals surface area contributed by atoms with Crippen LogP contribution in [0.4, 0.5) is 16.2 Å². The number of fused-ring (bicyclic) bond motifs is 1. The van der Waals surface area contributed by atoms with Crippen molar-refractivity contribution in [2.24, 2.45) is 5.92 Å². The van der Waals surface area contributed by atoms with Gasteiger partial charge < -0.3 is 21.3 Å². The molecule has 0 bridgehead atoms. The fourth-order valence-electron chi connectivity index (χ4n) is 3.73. The van der Waals surface area contributed by atoms with Crippen molar-refractivity contribution in [3.8, 4) is 0 Å². The summed E-state index contributed by atoms with van der Waals surface area (Å²) in [5.74, 6) is 0.670. The van der Waals surface area contributed by atoms with E-state index >= 15 is 0 Å². The number of rotatable bonds is 5. The number of halogens is 1. The minimum Gasteiger partial charge on any atom is -0.334 e. The number of carbonyl (C=O) groups is 2. The third-order valence-corrected chi connectivity index (χ3v) is 5.00. The van der Waals surface area contributed by atoms with Crippen molar-refractivity contribution >= 4 is 35.7 Å². The Hall–Kier alpha value is -2.05. The summed E-state index contributed by atoms with van der Waals surface area (Å²) in [6.45, 7) is 3.96. The summed E-state index contributed by atoms with van der Waals surface area (Å²) >= 11 is 0. The van der Waals surface area contributed by atoms with E-state index < -0.39 is 0 Å². The van der Waals surface area contributed by atoms with Gasteiger partial charge in [-0.1, -0.05) is 18.9 Å². The van der Waals surface area contributed by atoms with Crippen LogP contribution >= 0.6 is 12.4 Å². The Kier molecular flexibility index (Phi) is 7.48. The average Bonchev–Trinajstić information content (AvgIpc) is 3.06. The zero-order valence-electron chi connectivity index (χ0n) is 14.8. The fraction of sp³-hybridized carbons (Fsp3) is 0.474. The van der Waals surface area contributed by atoms with E-state index in [0.29, 0.717) is 24.2 Å². The Morgan fingerprint density at radius 3 is 2.42 bits per heavy atom. The standard InChI is InChI=1S/C19H26N4O2.ClH/c1-2-11-20-19(25)22-15-9-7-14(8-10-15)21-18(24)17-12-13-5-3-4-6-16(13)23-17;/h2,7-10,13,16-17,23H,1,3-6,11-12H2,(H,21,24)(H2,20,22,25);1H. The van der Waals surface area contributed by atoms with E-state index in [2.05, 4.69) is 27.8 Å². The molecule has 3 unspecified atom stereocenters. The van der Waals surface area contributed by atoms with Crippen LogP contribution in [0.1, 0.15) is 32.1 Å². The molecule has 3 rings (SSSR count). The van der Waals surface area contributed by atoms with E-state index in [1.165, 1.54) is 25.7 Å². The van der Waals surface area contributed by atoms with Crippen LogP contribution < -0.4 is 21.3 Å². The number of hydrogen-bond acceptors (Lipinski definition) is 3. The third-order valence-electron chi connectivity index (χ3n) is 5.00. The van der Waals surface area contributed by atoms with Gasteiger partial charge in [-0.25, -0.2) is 4.79 Å². The van der Waals surface area contributed by atoms with Gasteiger partial charge in [-0.05, 0) is 49.4 Å². The maximum Gasteiger partial charge on any atom is 0.319 e. The van der Waals surface area contributed by atoms with Gasteiger partial charge in [0.15, 0.2) is 0 Å². The van der Waals surface area contributed by atoms with E-state index in [1.807, 2.05) is 0 Å². The van der Waals surface area contributed by atoms with E-state index in [-0.39, 0.29) is 30.4 Å². The van der Waals surface area contributed by atoms with Crippen molar-refractivity contribution in [2.75, 3.05) is 17.2 Å². The van der Waals surface area contributed by atoms with Crippen molar-refractivity contribution < 1.29 is 9.59 Å². The number of amides is 3. The fourth-order valence-corrected chi connectivity index (χ4v) is 3.73. The molecule has 0 spiro atoms. The lowest BCUT2D eigenvalue weighted by Gasteiger charge is -2.24. The predicted octanol–water partition coefficient (Wildman–Crippen LogP) is 3.28. The molecule has 2 aliphatic rings. The van der Waals surface area contributed by atoms with Crippen LogP contribution in [0.15, 0.2) is 36.9 Å². The SMILES string of the molecule is C=CCNC(=O)Nc1ccc(NC(=O)C2CC3CCCCC3N2)cc1.Cl. The van der Waals surface area contributed by atoms with Gasteiger partial charge in [-0.15, -0.1) is 19.0 Å². The van der Waals surface area contributed by atoms with Crippen LogP contribution in [-0.2, 0) is 4.79 Å². The van der Waals surface area contributed by atoms with Crippen LogP contribution in [0.25, 0.3) is 0 Å². The predicted molar refractivity (Wildman–Crippen MR) is 107 cm³/mol. The van der Waals surface area contributed by atoms with Gasteiger partial charge in [0.1, 0.15) is 0 Å². The molecule has 26 heavy (non-hydrogen) atoms. The molecule has 3 amide bonds. The molecule has 0 radical (unpaired) electrons. The molecule has 7 heteroatoms. The Morgan fingerprint density at radius 2 is 1.77 bits per heavy atom. The van der Waals surface area contributed by atoms with Gasteiger partial charge in [-0.3, -0.25) is 4.79 Å². The van der Waals surface area contributed by atoms with Crippen molar-refractivity contribution in [3.63, 3.8) is 0 Å². The summed E-state index contributed by atoms with van der Waals surface area (Å²) in [5.41, 5.74) is 1.41. The molecule has 2 fully saturated rings. The molecule has 1 saturated carbocycles. The van der Waals surface area contributed by atoms with Crippen LogP contribution in [-0.4, -0.2) is 30.6 Å². The van der Waals surface area contributed by atoms with Crippen LogP contribution in [0, 0.1) is 5.92 Å². The Balaban J connectivity index is 0.00000243. The van der Waals surface area contributed by atoms with Gasteiger partial charge >= 0.3 is 6.03 Å². The van der Waals surface area contributed by atoms with E-state index in [1.54, 1.807) is 30.3 Å². The van der Waals surface area contributed by atoms with Crippen LogP contribution in [0.3, 0.4) is 0 Å². The molecule has 1 saturated heterocycles. The lowest BCUT2D eigenvalue weighted by Crippen LogP contribution is -2.39. The van der Waals surface area contributed by atoms with E-state index in [0.717, 1.165) is 12.1 Å². The molecule has 142 valence electrons. The molecule has 4 N–H and O–H groups in total. The van der Waals surface area contributed by atoms with Gasteiger partial charge in [0, 0.05) is 24.0 Å². The van der Waals surface area contributed by atoms with Gasteiger partial charge in [-0.2, -0.15) is 0 Å². The highest BCUT2D eigenvalue weighted by Crippen LogP contribution is 2.33. The van der Waals surface area contributed by atoms with Gasteiger partial charge in [0.25, 0.3) is 0 Å². The smallest absolute Gasteiger partial charge is 0.319 e.